The maximum absolute atomic E-state index is 12.7. The monoisotopic (exact) mass is 299 g/mol. The normalized spacial score (nSPS) is 17.1. The average Bonchev–Trinajstić information content (AvgIpc) is 3.03. The molecule has 0 radical (unpaired) electrons. The fourth-order valence-electron chi connectivity index (χ4n) is 2.90. The van der Waals surface area contributed by atoms with E-state index in [0.29, 0.717) is 6.54 Å². The smallest absolute Gasteiger partial charge is 0.371 e. The van der Waals surface area contributed by atoms with Crippen LogP contribution in [0.1, 0.15) is 45.6 Å². The van der Waals surface area contributed by atoms with Crippen LogP contribution in [0.5, 0.6) is 0 Å². The molecule has 1 aliphatic heterocycles. The van der Waals surface area contributed by atoms with Gasteiger partial charge in [0.25, 0.3) is 5.91 Å². The molecule has 0 bridgehead atoms. The lowest BCUT2D eigenvalue weighted by Gasteiger charge is -2.36. The van der Waals surface area contributed by atoms with E-state index in [1.807, 2.05) is 25.1 Å². The van der Waals surface area contributed by atoms with Crippen molar-refractivity contribution in [3.63, 3.8) is 0 Å². The molecule has 0 spiro atoms. The fraction of sp³-hybridized carbons (Fsp3) is 0.294. The quantitative estimate of drug-likeness (QED) is 0.946. The van der Waals surface area contributed by atoms with E-state index >= 15 is 0 Å². The third kappa shape index (κ3) is 2.50. The zero-order chi connectivity index (χ0) is 15.7. The number of furan rings is 1. The largest absolute Gasteiger partial charge is 0.475 e. The summed E-state index contributed by atoms with van der Waals surface area (Å²) >= 11 is 0. The molecule has 0 aliphatic carbocycles. The van der Waals surface area contributed by atoms with Crippen LogP contribution in [0.2, 0.25) is 0 Å². The number of amides is 1. The Labute approximate surface area is 128 Å². The molecule has 1 aliphatic rings. The number of hydrogen-bond acceptors (Lipinski definition) is 3. The van der Waals surface area contributed by atoms with Gasteiger partial charge in [-0.2, -0.15) is 0 Å². The Morgan fingerprint density at radius 3 is 2.50 bits per heavy atom. The first-order valence-electron chi connectivity index (χ1n) is 7.31. The summed E-state index contributed by atoms with van der Waals surface area (Å²) in [6.45, 7) is 2.57. The zero-order valence-corrected chi connectivity index (χ0v) is 12.3. The van der Waals surface area contributed by atoms with Crippen LogP contribution in [0.4, 0.5) is 0 Å². The van der Waals surface area contributed by atoms with Gasteiger partial charge >= 0.3 is 5.97 Å². The van der Waals surface area contributed by atoms with Gasteiger partial charge in [0.05, 0.1) is 0 Å². The standard InChI is InChI=1S/C17H17NO4/c1-2-13-9-11-5-3-4-6-12(11)10-18(13)16(19)14-7-8-15(22-14)17(20)21/h3-8,13H,2,9-10H2,1H3,(H,20,21). The number of carboxylic acid groups (broad SMARTS) is 1. The summed E-state index contributed by atoms with van der Waals surface area (Å²) in [6.07, 6.45) is 1.65. The van der Waals surface area contributed by atoms with E-state index in [4.69, 9.17) is 9.52 Å². The van der Waals surface area contributed by atoms with Crippen molar-refractivity contribution in [3.8, 4) is 0 Å². The molecule has 1 N–H and O–H groups in total. The molecule has 0 saturated heterocycles. The minimum Gasteiger partial charge on any atom is -0.475 e. The van der Waals surface area contributed by atoms with Crippen LogP contribution in [0.3, 0.4) is 0 Å². The van der Waals surface area contributed by atoms with Crippen LogP contribution < -0.4 is 0 Å². The lowest BCUT2D eigenvalue weighted by molar-refractivity contribution is 0.0588. The number of carbonyl (C=O) groups is 2. The van der Waals surface area contributed by atoms with E-state index in [9.17, 15) is 9.59 Å². The highest BCUT2D eigenvalue weighted by molar-refractivity contribution is 5.93. The van der Waals surface area contributed by atoms with E-state index in [2.05, 4.69) is 6.07 Å². The summed E-state index contributed by atoms with van der Waals surface area (Å²) in [7, 11) is 0. The van der Waals surface area contributed by atoms with Gasteiger partial charge in [0, 0.05) is 12.6 Å². The van der Waals surface area contributed by atoms with Crippen LogP contribution in [0, 0.1) is 0 Å². The topological polar surface area (TPSA) is 70.8 Å². The van der Waals surface area contributed by atoms with Crippen LogP contribution in [-0.2, 0) is 13.0 Å². The highest BCUT2D eigenvalue weighted by Crippen LogP contribution is 2.26. The van der Waals surface area contributed by atoms with Gasteiger partial charge in [-0.3, -0.25) is 4.79 Å². The van der Waals surface area contributed by atoms with Crippen LogP contribution >= 0.6 is 0 Å². The van der Waals surface area contributed by atoms with Crippen molar-refractivity contribution in [1.82, 2.24) is 4.90 Å². The minimum absolute atomic E-state index is 0.0789. The van der Waals surface area contributed by atoms with E-state index in [0.717, 1.165) is 18.4 Å². The van der Waals surface area contributed by atoms with Gasteiger partial charge in [-0.1, -0.05) is 31.2 Å². The van der Waals surface area contributed by atoms with E-state index in [1.54, 1.807) is 4.90 Å². The number of hydrogen-bond donors (Lipinski definition) is 1. The Morgan fingerprint density at radius 1 is 1.18 bits per heavy atom. The van der Waals surface area contributed by atoms with Crippen molar-refractivity contribution in [2.75, 3.05) is 0 Å². The SMILES string of the molecule is CCC1Cc2ccccc2CN1C(=O)c1ccc(C(=O)O)o1. The Balaban J connectivity index is 1.89. The number of fused-ring (bicyclic) bond motifs is 1. The lowest BCUT2D eigenvalue weighted by Crippen LogP contribution is -2.43. The Morgan fingerprint density at radius 2 is 1.86 bits per heavy atom. The van der Waals surface area contributed by atoms with Gasteiger partial charge in [0.1, 0.15) is 0 Å². The molecule has 5 nitrogen and oxygen atoms in total. The number of carbonyl (C=O) groups excluding carboxylic acids is 1. The van der Waals surface area contributed by atoms with Crippen molar-refractivity contribution in [1.29, 1.82) is 0 Å². The van der Waals surface area contributed by atoms with Gasteiger partial charge in [0.15, 0.2) is 5.76 Å². The first kappa shape index (κ1) is 14.4. The van der Waals surface area contributed by atoms with Gasteiger partial charge < -0.3 is 14.4 Å². The summed E-state index contributed by atoms with van der Waals surface area (Å²) in [6, 6.07) is 10.9. The third-order valence-electron chi connectivity index (χ3n) is 4.12. The first-order valence-corrected chi connectivity index (χ1v) is 7.31. The van der Waals surface area contributed by atoms with Crippen LogP contribution in [-0.4, -0.2) is 27.9 Å². The van der Waals surface area contributed by atoms with Gasteiger partial charge in [0.2, 0.25) is 5.76 Å². The number of carboxylic acids is 1. The highest BCUT2D eigenvalue weighted by Gasteiger charge is 2.30. The second-order valence-corrected chi connectivity index (χ2v) is 5.44. The maximum atomic E-state index is 12.7. The molecule has 1 aromatic heterocycles. The molecular weight excluding hydrogens is 282 g/mol. The molecule has 22 heavy (non-hydrogen) atoms. The molecule has 1 aromatic carbocycles. The van der Waals surface area contributed by atoms with Crippen molar-refractivity contribution in [2.24, 2.45) is 0 Å². The molecule has 1 atom stereocenters. The van der Waals surface area contributed by atoms with Crippen molar-refractivity contribution in [3.05, 3.63) is 59.0 Å². The Hall–Kier alpha value is -2.56. The van der Waals surface area contributed by atoms with E-state index < -0.39 is 5.97 Å². The summed E-state index contributed by atoms with van der Waals surface area (Å²) in [4.78, 5) is 25.3. The summed E-state index contributed by atoms with van der Waals surface area (Å²) < 4.78 is 5.15. The number of benzene rings is 1. The van der Waals surface area contributed by atoms with Crippen molar-refractivity contribution < 1.29 is 19.1 Å². The second kappa shape index (κ2) is 5.67. The van der Waals surface area contributed by atoms with Crippen molar-refractivity contribution in [2.45, 2.75) is 32.4 Å². The second-order valence-electron chi connectivity index (χ2n) is 5.44. The molecule has 1 amide bonds. The number of nitrogens with zero attached hydrogens (tertiary/aromatic N) is 1. The van der Waals surface area contributed by atoms with Gasteiger partial charge in [-0.25, -0.2) is 4.79 Å². The minimum atomic E-state index is -1.17. The molecule has 1 unspecified atom stereocenters. The molecule has 3 rings (SSSR count). The third-order valence-corrected chi connectivity index (χ3v) is 4.12. The first-order chi connectivity index (χ1) is 10.6. The molecule has 0 saturated carbocycles. The molecule has 2 aromatic rings. The summed E-state index contributed by atoms with van der Waals surface area (Å²) in [5, 5.41) is 8.90. The predicted octanol–water partition coefficient (Wildman–Crippen LogP) is 2.95. The molecule has 2 heterocycles. The van der Waals surface area contributed by atoms with E-state index in [1.165, 1.54) is 17.7 Å². The molecule has 114 valence electrons. The maximum Gasteiger partial charge on any atom is 0.371 e. The van der Waals surface area contributed by atoms with Crippen LogP contribution in [0.15, 0.2) is 40.8 Å². The molecule has 0 fully saturated rings. The Kier molecular flexibility index (Phi) is 3.71. The summed E-state index contributed by atoms with van der Waals surface area (Å²) in [5.74, 6) is -1.56. The molecular formula is C17H17NO4. The fourth-order valence-corrected chi connectivity index (χ4v) is 2.90. The predicted molar refractivity (Wildman–Crippen MR) is 79.8 cm³/mol. The number of rotatable bonds is 3. The van der Waals surface area contributed by atoms with Gasteiger partial charge in [-0.05, 0) is 36.1 Å². The lowest BCUT2D eigenvalue weighted by atomic mass is 9.92. The van der Waals surface area contributed by atoms with E-state index in [-0.39, 0.29) is 23.5 Å². The molecule has 5 heteroatoms. The Bertz CT molecular complexity index is 719. The zero-order valence-electron chi connectivity index (χ0n) is 12.3. The van der Waals surface area contributed by atoms with Gasteiger partial charge in [-0.15, -0.1) is 0 Å². The number of aromatic carboxylic acids is 1. The average molecular weight is 299 g/mol. The van der Waals surface area contributed by atoms with Crippen molar-refractivity contribution >= 4 is 11.9 Å². The van der Waals surface area contributed by atoms with Crippen LogP contribution in [0.25, 0.3) is 0 Å². The highest BCUT2D eigenvalue weighted by atomic mass is 16.4. The summed E-state index contributed by atoms with van der Waals surface area (Å²) in [5.41, 5.74) is 2.40.